The normalized spacial score (nSPS) is 12.7. The summed E-state index contributed by atoms with van der Waals surface area (Å²) in [5, 5.41) is 6.33. The van der Waals surface area contributed by atoms with E-state index in [0.29, 0.717) is 28.1 Å². The standard InChI is InChI=1S/C24H15N3O4S/c28-21(20-12-14-6-1-4-11-19(14)31-20)26-24(32)25-15-7-5-8-16(13-15)27-22(29)17-9-2-3-10-18(17)23(27)30/h1-13H,(H2,25,26,28,32). The van der Waals surface area contributed by atoms with Gasteiger partial charge in [0.2, 0.25) is 0 Å². The van der Waals surface area contributed by atoms with E-state index in [4.69, 9.17) is 16.6 Å². The van der Waals surface area contributed by atoms with Gasteiger partial charge in [0.15, 0.2) is 10.9 Å². The summed E-state index contributed by atoms with van der Waals surface area (Å²) in [7, 11) is 0. The zero-order valence-corrected chi connectivity index (χ0v) is 17.3. The summed E-state index contributed by atoms with van der Waals surface area (Å²) in [6.07, 6.45) is 0. The fourth-order valence-corrected chi connectivity index (χ4v) is 3.78. The molecule has 0 fully saturated rings. The number of anilines is 2. The van der Waals surface area contributed by atoms with Gasteiger partial charge in [-0.3, -0.25) is 19.7 Å². The Morgan fingerprint density at radius 1 is 0.844 bits per heavy atom. The number of rotatable bonds is 3. The molecule has 1 aliphatic rings. The summed E-state index contributed by atoms with van der Waals surface area (Å²) in [4.78, 5) is 39.0. The molecule has 0 saturated heterocycles. The molecule has 0 atom stereocenters. The summed E-state index contributed by atoms with van der Waals surface area (Å²) in [5.41, 5.74) is 2.24. The van der Waals surface area contributed by atoms with Crippen LogP contribution in [-0.2, 0) is 0 Å². The van der Waals surface area contributed by atoms with E-state index in [0.717, 1.165) is 10.3 Å². The van der Waals surface area contributed by atoms with Crippen LogP contribution in [0.3, 0.4) is 0 Å². The van der Waals surface area contributed by atoms with Gasteiger partial charge in [0, 0.05) is 11.1 Å². The number of benzene rings is 3. The average Bonchev–Trinajstić information content (AvgIpc) is 3.33. The lowest BCUT2D eigenvalue weighted by atomic mass is 10.1. The molecule has 0 aliphatic carbocycles. The lowest BCUT2D eigenvalue weighted by molar-refractivity contribution is 0.0922. The fourth-order valence-electron chi connectivity index (χ4n) is 3.57. The highest BCUT2D eigenvalue weighted by Crippen LogP contribution is 2.29. The number of furan rings is 1. The number of hydrogen-bond donors (Lipinski definition) is 2. The molecule has 1 aromatic heterocycles. The van der Waals surface area contributed by atoms with Crippen molar-refractivity contribution in [2.75, 3.05) is 10.2 Å². The van der Waals surface area contributed by atoms with Gasteiger partial charge in [0.25, 0.3) is 17.7 Å². The van der Waals surface area contributed by atoms with E-state index in [1.807, 2.05) is 18.2 Å². The minimum Gasteiger partial charge on any atom is -0.451 e. The lowest BCUT2D eigenvalue weighted by Crippen LogP contribution is -2.34. The van der Waals surface area contributed by atoms with Crippen LogP contribution >= 0.6 is 12.2 Å². The molecule has 0 bridgehead atoms. The second-order valence-corrected chi connectivity index (χ2v) is 7.51. The lowest BCUT2D eigenvalue weighted by Gasteiger charge is -2.16. The van der Waals surface area contributed by atoms with Crippen LogP contribution in [0, 0.1) is 0 Å². The Kier molecular flexibility index (Phi) is 4.76. The molecule has 3 amide bonds. The van der Waals surface area contributed by atoms with Crippen LogP contribution in [0.4, 0.5) is 11.4 Å². The first kappa shape index (κ1) is 19.7. The largest absolute Gasteiger partial charge is 0.451 e. The quantitative estimate of drug-likeness (QED) is 0.363. The predicted molar refractivity (Wildman–Crippen MR) is 124 cm³/mol. The Hall–Kier alpha value is -4.30. The van der Waals surface area contributed by atoms with Crippen LogP contribution in [0.5, 0.6) is 0 Å². The van der Waals surface area contributed by atoms with E-state index >= 15 is 0 Å². The van der Waals surface area contributed by atoms with Crippen molar-refractivity contribution in [2.24, 2.45) is 0 Å². The topological polar surface area (TPSA) is 91.7 Å². The Morgan fingerprint density at radius 2 is 1.53 bits per heavy atom. The molecule has 0 radical (unpaired) electrons. The average molecular weight is 441 g/mol. The summed E-state index contributed by atoms with van der Waals surface area (Å²) >= 11 is 5.24. The van der Waals surface area contributed by atoms with Gasteiger partial charge in [-0.2, -0.15) is 0 Å². The molecule has 0 saturated carbocycles. The first-order chi connectivity index (χ1) is 15.5. The maximum atomic E-state index is 12.7. The van der Waals surface area contributed by atoms with Gasteiger partial charge in [0.05, 0.1) is 16.8 Å². The van der Waals surface area contributed by atoms with E-state index in [1.165, 1.54) is 0 Å². The van der Waals surface area contributed by atoms with Crippen LogP contribution < -0.4 is 15.5 Å². The molecule has 32 heavy (non-hydrogen) atoms. The minimum atomic E-state index is -0.491. The van der Waals surface area contributed by atoms with Crippen LogP contribution in [0.15, 0.2) is 83.3 Å². The number of nitrogens with one attached hydrogen (secondary N) is 2. The van der Waals surface area contributed by atoms with E-state index < -0.39 is 5.91 Å². The number of para-hydroxylation sites is 1. The van der Waals surface area contributed by atoms with Crippen molar-refractivity contribution in [2.45, 2.75) is 0 Å². The molecule has 5 rings (SSSR count). The molecule has 0 spiro atoms. The number of carbonyl (C=O) groups is 3. The molecule has 156 valence electrons. The van der Waals surface area contributed by atoms with E-state index in [9.17, 15) is 14.4 Å². The van der Waals surface area contributed by atoms with Gasteiger partial charge in [-0.05, 0) is 54.7 Å². The van der Waals surface area contributed by atoms with Crippen molar-refractivity contribution in [3.8, 4) is 0 Å². The highest BCUT2D eigenvalue weighted by atomic mass is 32.1. The van der Waals surface area contributed by atoms with Gasteiger partial charge >= 0.3 is 0 Å². The molecular weight excluding hydrogens is 426 g/mol. The number of amides is 3. The number of carbonyl (C=O) groups excluding carboxylic acids is 3. The predicted octanol–water partition coefficient (Wildman–Crippen LogP) is 4.36. The highest BCUT2D eigenvalue weighted by Gasteiger charge is 2.36. The molecule has 3 aromatic carbocycles. The van der Waals surface area contributed by atoms with Crippen molar-refractivity contribution < 1.29 is 18.8 Å². The molecule has 2 N–H and O–H groups in total. The number of thiocarbonyl (C=S) groups is 1. The third-order valence-corrected chi connectivity index (χ3v) is 5.24. The second-order valence-electron chi connectivity index (χ2n) is 7.10. The molecule has 8 heteroatoms. The summed E-state index contributed by atoms with van der Waals surface area (Å²) in [6.45, 7) is 0. The van der Waals surface area contributed by atoms with Crippen LogP contribution in [-0.4, -0.2) is 22.8 Å². The number of fused-ring (bicyclic) bond motifs is 2. The smallest absolute Gasteiger partial charge is 0.293 e. The second kappa shape index (κ2) is 7.75. The van der Waals surface area contributed by atoms with Gasteiger partial charge in [-0.15, -0.1) is 0 Å². The Bertz CT molecular complexity index is 1360. The zero-order chi connectivity index (χ0) is 22.2. The van der Waals surface area contributed by atoms with E-state index in [-0.39, 0.29) is 22.7 Å². The number of imide groups is 1. The fraction of sp³-hybridized carbons (Fsp3) is 0. The molecule has 1 aliphatic heterocycles. The van der Waals surface area contributed by atoms with Crippen molar-refractivity contribution in [3.05, 3.63) is 95.7 Å². The molecule has 4 aromatic rings. The third-order valence-electron chi connectivity index (χ3n) is 5.03. The number of hydrogen-bond acceptors (Lipinski definition) is 5. The monoisotopic (exact) mass is 441 g/mol. The van der Waals surface area contributed by atoms with E-state index in [1.54, 1.807) is 60.7 Å². The van der Waals surface area contributed by atoms with Gasteiger partial charge < -0.3 is 9.73 Å². The number of nitrogens with zero attached hydrogens (tertiary/aromatic N) is 1. The minimum absolute atomic E-state index is 0.0509. The summed E-state index contributed by atoms with van der Waals surface area (Å²) < 4.78 is 5.54. The molecule has 2 heterocycles. The van der Waals surface area contributed by atoms with Gasteiger partial charge in [-0.1, -0.05) is 36.4 Å². The van der Waals surface area contributed by atoms with Gasteiger partial charge in [0.1, 0.15) is 5.58 Å². The highest BCUT2D eigenvalue weighted by molar-refractivity contribution is 7.80. The van der Waals surface area contributed by atoms with Crippen LogP contribution in [0.25, 0.3) is 11.0 Å². The SMILES string of the molecule is O=C(NC(=S)Nc1cccc(N2C(=O)c3ccccc3C2=O)c1)c1cc2ccccc2o1. The van der Waals surface area contributed by atoms with Crippen molar-refractivity contribution >= 4 is 57.4 Å². The Morgan fingerprint density at radius 3 is 2.25 bits per heavy atom. The van der Waals surface area contributed by atoms with Crippen LogP contribution in [0.2, 0.25) is 0 Å². The zero-order valence-electron chi connectivity index (χ0n) is 16.5. The first-order valence-corrected chi connectivity index (χ1v) is 10.1. The summed E-state index contributed by atoms with van der Waals surface area (Å²) in [5.74, 6) is -1.13. The van der Waals surface area contributed by atoms with E-state index in [2.05, 4.69) is 10.6 Å². The van der Waals surface area contributed by atoms with Crippen molar-refractivity contribution in [1.29, 1.82) is 0 Å². The molecule has 0 unspecified atom stereocenters. The maximum absolute atomic E-state index is 12.7. The Labute approximate surface area is 187 Å². The van der Waals surface area contributed by atoms with Crippen LogP contribution in [0.1, 0.15) is 31.3 Å². The van der Waals surface area contributed by atoms with Crippen molar-refractivity contribution in [3.63, 3.8) is 0 Å². The molecule has 7 nitrogen and oxygen atoms in total. The summed E-state index contributed by atoms with van der Waals surface area (Å²) in [6, 6.07) is 22.3. The van der Waals surface area contributed by atoms with Crippen molar-refractivity contribution in [1.82, 2.24) is 5.32 Å². The maximum Gasteiger partial charge on any atom is 0.293 e. The Balaban J connectivity index is 1.31. The van der Waals surface area contributed by atoms with Gasteiger partial charge in [-0.25, -0.2) is 4.90 Å². The first-order valence-electron chi connectivity index (χ1n) is 9.70. The molecular formula is C24H15N3O4S. The third kappa shape index (κ3) is 3.42.